The SMILES string of the molecule is CC(C)OCC(O)CN(Cc1cccc(Cl)c1)CC1CC(c2ccccc2Cl)=NO1. The van der Waals surface area contributed by atoms with Gasteiger partial charge in [-0.05, 0) is 37.6 Å². The Morgan fingerprint density at radius 2 is 2.00 bits per heavy atom. The Balaban J connectivity index is 1.64. The molecule has 0 aromatic heterocycles. The molecule has 1 heterocycles. The summed E-state index contributed by atoms with van der Waals surface area (Å²) in [6.07, 6.45) is 0.0189. The summed E-state index contributed by atoms with van der Waals surface area (Å²) in [6, 6.07) is 15.4. The summed E-state index contributed by atoms with van der Waals surface area (Å²) in [6.45, 7) is 5.91. The second kappa shape index (κ2) is 11.1. The summed E-state index contributed by atoms with van der Waals surface area (Å²) in [5.74, 6) is 0. The van der Waals surface area contributed by atoms with Gasteiger partial charge in [-0.3, -0.25) is 4.90 Å². The molecule has 0 saturated carbocycles. The number of aliphatic hydroxyl groups excluding tert-OH is 1. The predicted molar refractivity (Wildman–Crippen MR) is 121 cm³/mol. The van der Waals surface area contributed by atoms with Crippen molar-refractivity contribution in [1.82, 2.24) is 4.90 Å². The van der Waals surface area contributed by atoms with Crippen molar-refractivity contribution in [3.8, 4) is 0 Å². The minimum Gasteiger partial charge on any atom is -0.390 e. The van der Waals surface area contributed by atoms with Gasteiger partial charge in [0, 0.05) is 41.7 Å². The van der Waals surface area contributed by atoms with Crippen molar-refractivity contribution in [1.29, 1.82) is 0 Å². The number of nitrogens with zero attached hydrogens (tertiary/aromatic N) is 2. The minimum absolute atomic E-state index is 0.0748. The van der Waals surface area contributed by atoms with E-state index >= 15 is 0 Å². The van der Waals surface area contributed by atoms with Gasteiger partial charge in [0.2, 0.25) is 0 Å². The standard InChI is InChI=1S/C23H28Cl2N2O3/c1-16(2)29-15-19(28)13-27(12-17-6-5-7-18(24)10-17)14-20-11-23(26-30-20)21-8-3-4-9-22(21)25/h3-10,16,19-20,28H,11-15H2,1-2H3. The summed E-state index contributed by atoms with van der Waals surface area (Å²) in [4.78, 5) is 7.84. The molecule has 1 N–H and O–H groups in total. The van der Waals surface area contributed by atoms with Gasteiger partial charge in [-0.2, -0.15) is 0 Å². The second-order valence-electron chi connectivity index (χ2n) is 7.81. The zero-order valence-corrected chi connectivity index (χ0v) is 18.8. The molecule has 0 amide bonds. The number of halogens is 2. The Morgan fingerprint density at radius 1 is 1.20 bits per heavy atom. The Bertz CT molecular complexity index is 860. The zero-order chi connectivity index (χ0) is 21.5. The molecule has 0 fully saturated rings. The first-order valence-electron chi connectivity index (χ1n) is 10.1. The van der Waals surface area contributed by atoms with Crippen LogP contribution in [-0.2, 0) is 16.1 Å². The molecule has 3 rings (SSSR count). The van der Waals surface area contributed by atoms with E-state index in [2.05, 4.69) is 10.1 Å². The lowest BCUT2D eigenvalue weighted by atomic mass is 10.0. The van der Waals surface area contributed by atoms with Crippen molar-refractivity contribution < 1.29 is 14.7 Å². The molecule has 0 aliphatic carbocycles. The molecule has 0 radical (unpaired) electrons. The van der Waals surface area contributed by atoms with E-state index in [9.17, 15) is 5.11 Å². The molecule has 30 heavy (non-hydrogen) atoms. The lowest BCUT2D eigenvalue weighted by molar-refractivity contribution is -0.0194. The highest BCUT2D eigenvalue weighted by molar-refractivity contribution is 6.34. The van der Waals surface area contributed by atoms with Crippen molar-refractivity contribution in [2.75, 3.05) is 19.7 Å². The van der Waals surface area contributed by atoms with Crippen LogP contribution in [0.25, 0.3) is 0 Å². The largest absolute Gasteiger partial charge is 0.390 e. The molecule has 2 aromatic rings. The maximum absolute atomic E-state index is 10.5. The van der Waals surface area contributed by atoms with Crippen LogP contribution in [-0.4, -0.2) is 53.7 Å². The lowest BCUT2D eigenvalue weighted by Gasteiger charge is -2.27. The Kier molecular flexibility index (Phi) is 8.54. The Hall–Kier alpha value is -1.63. The third-order valence-electron chi connectivity index (χ3n) is 4.77. The molecule has 162 valence electrons. The van der Waals surface area contributed by atoms with E-state index < -0.39 is 6.10 Å². The van der Waals surface area contributed by atoms with Gasteiger partial charge in [-0.15, -0.1) is 0 Å². The highest BCUT2D eigenvalue weighted by atomic mass is 35.5. The van der Waals surface area contributed by atoms with E-state index in [0.29, 0.717) is 36.1 Å². The van der Waals surface area contributed by atoms with Gasteiger partial charge < -0.3 is 14.7 Å². The highest BCUT2D eigenvalue weighted by Crippen LogP contribution is 2.24. The fourth-order valence-corrected chi connectivity index (χ4v) is 3.88. The molecule has 0 saturated heterocycles. The van der Waals surface area contributed by atoms with Crippen LogP contribution in [0.4, 0.5) is 0 Å². The number of rotatable bonds is 10. The molecule has 1 aliphatic rings. The molecule has 1 aliphatic heterocycles. The van der Waals surface area contributed by atoms with Crippen LogP contribution in [0.5, 0.6) is 0 Å². The average Bonchev–Trinajstić information content (AvgIpc) is 3.15. The van der Waals surface area contributed by atoms with Crippen molar-refractivity contribution in [3.63, 3.8) is 0 Å². The highest BCUT2D eigenvalue weighted by Gasteiger charge is 2.26. The fourth-order valence-electron chi connectivity index (χ4n) is 3.42. The summed E-state index contributed by atoms with van der Waals surface area (Å²) in [5, 5.41) is 16.1. The molecule has 0 spiro atoms. The van der Waals surface area contributed by atoms with Crippen molar-refractivity contribution in [2.24, 2.45) is 5.16 Å². The van der Waals surface area contributed by atoms with E-state index in [-0.39, 0.29) is 18.8 Å². The maximum Gasteiger partial charge on any atom is 0.145 e. The molecular formula is C23H28Cl2N2O3. The first-order chi connectivity index (χ1) is 14.4. The van der Waals surface area contributed by atoms with Crippen LogP contribution in [0.3, 0.4) is 0 Å². The second-order valence-corrected chi connectivity index (χ2v) is 8.65. The van der Waals surface area contributed by atoms with Crippen LogP contribution in [0, 0.1) is 0 Å². The monoisotopic (exact) mass is 450 g/mol. The van der Waals surface area contributed by atoms with Crippen LogP contribution < -0.4 is 0 Å². The zero-order valence-electron chi connectivity index (χ0n) is 17.3. The van der Waals surface area contributed by atoms with Gasteiger partial charge in [-0.25, -0.2) is 0 Å². The number of ether oxygens (including phenoxy) is 1. The van der Waals surface area contributed by atoms with Crippen molar-refractivity contribution >= 4 is 28.9 Å². The first-order valence-corrected chi connectivity index (χ1v) is 10.9. The van der Waals surface area contributed by atoms with Crippen LogP contribution in [0.1, 0.15) is 31.4 Å². The minimum atomic E-state index is -0.600. The Morgan fingerprint density at radius 3 is 2.73 bits per heavy atom. The van der Waals surface area contributed by atoms with Gasteiger partial charge in [0.25, 0.3) is 0 Å². The van der Waals surface area contributed by atoms with E-state index in [4.69, 9.17) is 32.8 Å². The van der Waals surface area contributed by atoms with E-state index in [1.54, 1.807) is 0 Å². The molecule has 7 heteroatoms. The first kappa shape index (κ1) is 23.0. The van der Waals surface area contributed by atoms with Gasteiger partial charge in [0.15, 0.2) is 0 Å². The Labute approximate surface area is 188 Å². The van der Waals surface area contributed by atoms with Crippen molar-refractivity contribution in [2.45, 2.75) is 45.1 Å². The van der Waals surface area contributed by atoms with Crippen LogP contribution in [0.2, 0.25) is 10.0 Å². The smallest absolute Gasteiger partial charge is 0.145 e. The summed E-state index contributed by atoms with van der Waals surface area (Å²) in [7, 11) is 0. The van der Waals surface area contributed by atoms with Crippen LogP contribution >= 0.6 is 23.2 Å². The third kappa shape index (κ3) is 6.96. The average molecular weight is 451 g/mol. The maximum atomic E-state index is 10.5. The molecular weight excluding hydrogens is 423 g/mol. The molecule has 0 bridgehead atoms. The summed E-state index contributed by atoms with van der Waals surface area (Å²) < 4.78 is 5.57. The summed E-state index contributed by atoms with van der Waals surface area (Å²) in [5.41, 5.74) is 2.81. The van der Waals surface area contributed by atoms with Crippen LogP contribution in [0.15, 0.2) is 53.7 Å². The number of hydrogen-bond donors (Lipinski definition) is 1. The third-order valence-corrected chi connectivity index (χ3v) is 5.33. The van der Waals surface area contributed by atoms with Gasteiger partial charge in [0.1, 0.15) is 6.10 Å². The van der Waals surface area contributed by atoms with E-state index in [1.165, 1.54) is 0 Å². The topological polar surface area (TPSA) is 54.3 Å². The van der Waals surface area contributed by atoms with Gasteiger partial charge in [0.05, 0.1) is 24.5 Å². The number of hydrogen-bond acceptors (Lipinski definition) is 5. The van der Waals surface area contributed by atoms with Crippen molar-refractivity contribution in [3.05, 3.63) is 69.7 Å². The lowest BCUT2D eigenvalue weighted by Crippen LogP contribution is -2.39. The van der Waals surface area contributed by atoms with Gasteiger partial charge >= 0.3 is 0 Å². The molecule has 5 nitrogen and oxygen atoms in total. The summed E-state index contributed by atoms with van der Waals surface area (Å²) >= 11 is 12.4. The number of benzene rings is 2. The van der Waals surface area contributed by atoms with E-state index in [0.717, 1.165) is 16.8 Å². The molecule has 2 atom stereocenters. The fraction of sp³-hybridized carbons (Fsp3) is 0.435. The van der Waals surface area contributed by atoms with E-state index in [1.807, 2.05) is 62.4 Å². The normalized spacial score (nSPS) is 17.3. The number of aliphatic hydroxyl groups is 1. The predicted octanol–water partition coefficient (Wildman–Crippen LogP) is 4.77. The molecule has 2 unspecified atom stereocenters. The number of oxime groups is 1. The molecule has 2 aromatic carbocycles. The quantitative estimate of drug-likeness (QED) is 0.565. The van der Waals surface area contributed by atoms with Gasteiger partial charge in [-0.1, -0.05) is 58.7 Å².